The molecule has 1 fully saturated rings. The molecule has 0 radical (unpaired) electrons. The van der Waals surface area contributed by atoms with Crippen molar-refractivity contribution in [1.29, 1.82) is 0 Å². The summed E-state index contributed by atoms with van der Waals surface area (Å²) in [4.78, 5) is 24.0. The fourth-order valence-corrected chi connectivity index (χ4v) is 3.39. The minimum atomic E-state index is -0.214. The summed E-state index contributed by atoms with van der Waals surface area (Å²) in [6, 6.07) is 16.6. The number of benzene rings is 2. The van der Waals surface area contributed by atoms with Gasteiger partial charge < -0.3 is 15.2 Å². The maximum absolute atomic E-state index is 11.4. The maximum Gasteiger partial charge on any atom is 0.324 e. The summed E-state index contributed by atoms with van der Waals surface area (Å²) in [5.41, 5.74) is 10.4. The first-order chi connectivity index (χ1) is 16.2. The number of rotatable bonds is 8. The normalized spacial score (nSPS) is 16.7. The number of halogens is 2. The molecule has 2 aromatic carbocycles. The largest absolute Gasteiger partial charge is 0.465 e. The van der Waals surface area contributed by atoms with Gasteiger partial charge >= 0.3 is 11.9 Å². The Morgan fingerprint density at radius 2 is 1.59 bits per heavy atom. The van der Waals surface area contributed by atoms with E-state index >= 15 is 0 Å². The molecule has 1 saturated heterocycles. The van der Waals surface area contributed by atoms with Crippen molar-refractivity contribution in [2.24, 2.45) is 5.73 Å². The number of aryl methyl sites for hydroxylation is 2. The molecule has 188 valence electrons. The SMILES string of the molecule is CCOC(=O)C(Br)CBr.CCOC(=O)C1CN1Cc1cccc(C)c1.Cc1cccc(CN)c1. The van der Waals surface area contributed by atoms with E-state index in [-0.39, 0.29) is 22.8 Å². The molecule has 0 saturated carbocycles. The number of esters is 2. The Labute approximate surface area is 220 Å². The topological polar surface area (TPSA) is 81.6 Å². The molecule has 8 heteroatoms. The van der Waals surface area contributed by atoms with E-state index in [1.165, 1.54) is 22.3 Å². The number of alkyl halides is 2. The molecule has 34 heavy (non-hydrogen) atoms. The molecule has 0 spiro atoms. The lowest BCUT2D eigenvalue weighted by Gasteiger charge is -2.04. The first kappa shape index (κ1) is 30.3. The molecule has 0 bridgehead atoms. The van der Waals surface area contributed by atoms with Gasteiger partial charge in [-0.2, -0.15) is 0 Å². The van der Waals surface area contributed by atoms with Crippen molar-refractivity contribution >= 4 is 43.8 Å². The molecule has 3 atom stereocenters. The van der Waals surface area contributed by atoms with E-state index in [0.717, 1.165) is 13.1 Å². The molecule has 2 N–H and O–H groups in total. The van der Waals surface area contributed by atoms with Gasteiger partial charge in [0.2, 0.25) is 0 Å². The molecule has 1 aliphatic rings. The van der Waals surface area contributed by atoms with E-state index in [1.807, 2.05) is 25.1 Å². The lowest BCUT2D eigenvalue weighted by atomic mass is 10.1. The van der Waals surface area contributed by atoms with Gasteiger partial charge in [0.25, 0.3) is 0 Å². The van der Waals surface area contributed by atoms with Crippen LogP contribution in [0.3, 0.4) is 0 Å². The quantitative estimate of drug-likeness (QED) is 0.264. The standard InChI is InChI=1S/C13H17NO2.C8H11N.C5H8Br2O2/c1-3-16-13(15)12-9-14(12)8-11-6-4-5-10(2)7-11;1-7-3-2-4-8(5-7)6-9;1-2-9-5(8)4(7)3-6/h4-7,12H,3,8-9H2,1-2H3;2-5H,6,9H2,1H3;4H,2-3H2,1H3. The van der Waals surface area contributed by atoms with Crippen LogP contribution in [0.1, 0.15) is 36.1 Å². The number of nitrogens with two attached hydrogens (primary N) is 1. The minimum Gasteiger partial charge on any atom is -0.465 e. The first-order valence-corrected chi connectivity index (χ1v) is 13.4. The van der Waals surface area contributed by atoms with Crippen molar-refractivity contribution in [3.05, 3.63) is 70.8 Å². The van der Waals surface area contributed by atoms with Crippen molar-refractivity contribution in [3.63, 3.8) is 0 Å². The zero-order valence-electron chi connectivity index (χ0n) is 20.4. The van der Waals surface area contributed by atoms with E-state index in [4.69, 9.17) is 10.5 Å². The average Bonchev–Trinajstić information content (AvgIpc) is 3.59. The predicted molar refractivity (Wildman–Crippen MR) is 144 cm³/mol. The highest BCUT2D eigenvalue weighted by atomic mass is 79.9. The third-order valence-corrected chi connectivity index (χ3v) is 6.95. The van der Waals surface area contributed by atoms with E-state index in [0.29, 0.717) is 25.1 Å². The first-order valence-electron chi connectivity index (χ1n) is 11.3. The molecule has 1 heterocycles. The predicted octanol–water partition coefficient (Wildman–Crippen LogP) is 4.90. The summed E-state index contributed by atoms with van der Waals surface area (Å²) in [6.07, 6.45) is 0. The molecule has 0 aromatic heterocycles. The van der Waals surface area contributed by atoms with Gasteiger partial charge in [0, 0.05) is 25.0 Å². The maximum atomic E-state index is 11.4. The highest BCUT2D eigenvalue weighted by Gasteiger charge is 2.41. The van der Waals surface area contributed by atoms with Crippen LogP contribution in [-0.2, 0) is 32.2 Å². The lowest BCUT2D eigenvalue weighted by molar-refractivity contribution is -0.143. The smallest absolute Gasteiger partial charge is 0.324 e. The van der Waals surface area contributed by atoms with Crippen LogP contribution < -0.4 is 5.73 Å². The Hall–Kier alpha value is -1.74. The molecule has 0 amide bonds. The van der Waals surface area contributed by atoms with E-state index in [1.54, 1.807) is 6.92 Å². The fraction of sp³-hybridized carbons (Fsp3) is 0.462. The summed E-state index contributed by atoms with van der Waals surface area (Å²) in [7, 11) is 0. The number of hydrogen-bond acceptors (Lipinski definition) is 6. The molecule has 1 aliphatic heterocycles. The molecule has 0 aliphatic carbocycles. The van der Waals surface area contributed by atoms with Gasteiger partial charge in [-0.3, -0.25) is 14.5 Å². The van der Waals surface area contributed by atoms with Gasteiger partial charge in [-0.05, 0) is 38.8 Å². The van der Waals surface area contributed by atoms with Crippen LogP contribution in [0.2, 0.25) is 0 Å². The number of carbonyl (C=O) groups is 2. The van der Waals surface area contributed by atoms with Gasteiger partial charge in [0.1, 0.15) is 10.9 Å². The average molecular weight is 600 g/mol. The highest BCUT2D eigenvalue weighted by molar-refractivity contribution is 9.12. The third kappa shape index (κ3) is 12.1. The molecule has 2 aromatic rings. The van der Waals surface area contributed by atoms with Gasteiger partial charge in [-0.25, -0.2) is 0 Å². The second-order valence-electron chi connectivity index (χ2n) is 7.75. The third-order valence-electron chi connectivity index (χ3n) is 4.74. The van der Waals surface area contributed by atoms with Crippen LogP contribution in [0.15, 0.2) is 48.5 Å². The van der Waals surface area contributed by atoms with Crippen LogP contribution in [0, 0.1) is 13.8 Å². The molecular formula is C26H36Br2N2O4. The van der Waals surface area contributed by atoms with Gasteiger partial charge in [-0.1, -0.05) is 91.5 Å². The summed E-state index contributed by atoms with van der Waals surface area (Å²) in [5, 5.41) is 0.589. The Morgan fingerprint density at radius 3 is 2.06 bits per heavy atom. The molecule has 3 unspecified atom stereocenters. The van der Waals surface area contributed by atoms with Crippen LogP contribution in [-0.4, -0.2) is 52.8 Å². The van der Waals surface area contributed by atoms with Gasteiger partial charge in [-0.15, -0.1) is 0 Å². The summed E-state index contributed by atoms with van der Waals surface area (Å²) in [6.45, 7) is 11.0. The molecular weight excluding hydrogens is 564 g/mol. The van der Waals surface area contributed by atoms with E-state index in [2.05, 4.69) is 85.7 Å². The van der Waals surface area contributed by atoms with Crippen LogP contribution in [0.4, 0.5) is 0 Å². The van der Waals surface area contributed by atoms with Crippen molar-refractivity contribution in [2.75, 3.05) is 25.1 Å². The zero-order valence-corrected chi connectivity index (χ0v) is 23.6. The monoisotopic (exact) mass is 598 g/mol. The number of nitrogens with zero attached hydrogens (tertiary/aromatic N) is 1. The Balaban J connectivity index is 0.000000276. The second-order valence-corrected chi connectivity index (χ2v) is 9.51. The van der Waals surface area contributed by atoms with Crippen LogP contribution >= 0.6 is 31.9 Å². The summed E-state index contributed by atoms with van der Waals surface area (Å²) >= 11 is 6.26. The number of ether oxygens (including phenoxy) is 2. The van der Waals surface area contributed by atoms with Crippen molar-refractivity contribution in [2.45, 2.75) is 51.7 Å². The fourth-order valence-electron chi connectivity index (χ4n) is 2.99. The number of carbonyl (C=O) groups excluding carboxylic acids is 2. The van der Waals surface area contributed by atoms with E-state index in [9.17, 15) is 9.59 Å². The van der Waals surface area contributed by atoms with Crippen LogP contribution in [0.25, 0.3) is 0 Å². The van der Waals surface area contributed by atoms with E-state index < -0.39 is 0 Å². The van der Waals surface area contributed by atoms with Crippen molar-refractivity contribution < 1.29 is 19.1 Å². The zero-order chi connectivity index (χ0) is 25.5. The molecule has 3 rings (SSSR count). The van der Waals surface area contributed by atoms with Crippen molar-refractivity contribution in [3.8, 4) is 0 Å². The lowest BCUT2D eigenvalue weighted by Crippen LogP contribution is -2.18. The summed E-state index contributed by atoms with van der Waals surface area (Å²) in [5.74, 6) is -0.301. The Kier molecular flexibility index (Phi) is 15.0. The number of hydrogen-bond donors (Lipinski definition) is 1. The minimum absolute atomic E-state index is 0.0135. The van der Waals surface area contributed by atoms with Gasteiger partial charge in [0.05, 0.1) is 13.2 Å². The van der Waals surface area contributed by atoms with Gasteiger partial charge in [0.15, 0.2) is 0 Å². The second kappa shape index (κ2) is 16.8. The Morgan fingerprint density at radius 1 is 1.03 bits per heavy atom. The van der Waals surface area contributed by atoms with Crippen molar-refractivity contribution in [1.82, 2.24) is 4.90 Å². The summed E-state index contributed by atoms with van der Waals surface area (Å²) < 4.78 is 9.66. The molecule has 6 nitrogen and oxygen atoms in total. The highest BCUT2D eigenvalue weighted by Crippen LogP contribution is 2.22. The Bertz CT molecular complexity index is 895. The van der Waals surface area contributed by atoms with Crippen LogP contribution in [0.5, 0.6) is 0 Å².